The van der Waals surface area contributed by atoms with Crippen molar-refractivity contribution in [3.05, 3.63) is 52.7 Å². The molecule has 0 radical (unpaired) electrons. The second-order valence-corrected chi connectivity index (χ2v) is 9.16. The number of allylic oxidation sites excluding steroid dienone is 2. The van der Waals surface area contributed by atoms with Crippen molar-refractivity contribution in [1.29, 1.82) is 0 Å². The molecule has 202 valence electrons. The number of Topliss-reactive ketones (excluding diaryl/α,β-unsaturated/α-hetero) is 1. The minimum atomic E-state index is -0.799. The minimum Gasteiger partial charge on any atom is -0.493 e. The maximum atomic E-state index is 13.9. The van der Waals surface area contributed by atoms with Crippen LogP contribution in [0.3, 0.4) is 0 Å². The summed E-state index contributed by atoms with van der Waals surface area (Å²) in [4.78, 5) is 31.7. The molecule has 2 aliphatic rings. The summed E-state index contributed by atoms with van der Waals surface area (Å²) in [7, 11) is 9.06. The zero-order valence-electron chi connectivity index (χ0n) is 22.7. The van der Waals surface area contributed by atoms with E-state index in [9.17, 15) is 9.59 Å². The van der Waals surface area contributed by atoms with Crippen LogP contribution in [0.1, 0.15) is 42.7 Å². The Morgan fingerprint density at radius 3 is 2.08 bits per heavy atom. The molecule has 1 aliphatic heterocycles. The van der Waals surface area contributed by atoms with Crippen molar-refractivity contribution in [3.63, 3.8) is 0 Å². The number of methoxy groups -OCH3 is 6. The van der Waals surface area contributed by atoms with E-state index >= 15 is 0 Å². The summed E-state index contributed by atoms with van der Waals surface area (Å²) < 4.78 is 32.8. The first-order valence-corrected chi connectivity index (χ1v) is 12.2. The zero-order valence-corrected chi connectivity index (χ0v) is 22.7. The summed E-state index contributed by atoms with van der Waals surface area (Å²) >= 11 is 0. The van der Waals surface area contributed by atoms with Crippen molar-refractivity contribution in [2.24, 2.45) is 10.9 Å². The van der Waals surface area contributed by atoms with E-state index in [0.717, 1.165) is 5.56 Å². The fourth-order valence-electron chi connectivity index (χ4n) is 5.54. The molecule has 1 heterocycles. The number of hydrogen-bond donors (Lipinski definition) is 0. The van der Waals surface area contributed by atoms with Crippen LogP contribution in [0.15, 0.2) is 46.6 Å². The highest BCUT2D eigenvalue weighted by atomic mass is 16.5. The zero-order chi connectivity index (χ0) is 27.6. The minimum absolute atomic E-state index is 0.0852. The van der Waals surface area contributed by atoms with E-state index in [1.165, 1.54) is 28.4 Å². The number of nitrogens with zero attached hydrogens (tertiary/aromatic N) is 1. The van der Waals surface area contributed by atoms with E-state index in [0.29, 0.717) is 57.7 Å². The fraction of sp³-hybridized carbons (Fsp3) is 0.414. The van der Waals surface area contributed by atoms with Gasteiger partial charge in [-0.2, -0.15) is 0 Å². The van der Waals surface area contributed by atoms with Crippen LogP contribution in [0, 0.1) is 5.92 Å². The predicted molar refractivity (Wildman–Crippen MR) is 141 cm³/mol. The summed E-state index contributed by atoms with van der Waals surface area (Å²) in [6.07, 6.45) is 0.775. The van der Waals surface area contributed by atoms with E-state index in [1.54, 1.807) is 33.3 Å². The molecule has 1 aliphatic carbocycles. The molecule has 38 heavy (non-hydrogen) atoms. The molecule has 9 nitrogen and oxygen atoms in total. The molecule has 0 N–H and O–H groups in total. The van der Waals surface area contributed by atoms with Gasteiger partial charge in [0.25, 0.3) is 0 Å². The molecule has 4 rings (SSSR count). The fourth-order valence-corrected chi connectivity index (χ4v) is 5.54. The average Bonchev–Trinajstić information content (AvgIpc) is 2.94. The molecule has 1 unspecified atom stereocenters. The first kappa shape index (κ1) is 27.0. The van der Waals surface area contributed by atoms with Gasteiger partial charge in [-0.05, 0) is 43.0 Å². The van der Waals surface area contributed by atoms with Crippen LogP contribution in [-0.2, 0) is 14.3 Å². The molecular formula is C29H33NO8. The Kier molecular flexibility index (Phi) is 7.94. The van der Waals surface area contributed by atoms with E-state index < -0.39 is 17.8 Å². The van der Waals surface area contributed by atoms with Gasteiger partial charge in [0, 0.05) is 34.9 Å². The summed E-state index contributed by atoms with van der Waals surface area (Å²) in [5.41, 5.74) is 3.29. The van der Waals surface area contributed by atoms with E-state index in [4.69, 9.17) is 33.4 Å². The Bertz CT molecular complexity index is 1310. The SMILES string of the molecule is COC(=O)C1C(C)=NC2=C(C(=O)C[C@H](c3ccc(OC)c(OC)c3)C2)[C@H]1c1ccc(OC)c(OC)c1OC. The van der Waals surface area contributed by atoms with Crippen LogP contribution in [-0.4, -0.2) is 60.1 Å². The molecule has 0 amide bonds. The summed E-state index contributed by atoms with van der Waals surface area (Å²) in [5, 5.41) is 0. The van der Waals surface area contributed by atoms with Crippen LogP contribution in [0.4, 0.5) is 0 Å². The highest BCUT2D eigenvalue weighted by Gasteiger charge is 2.46. The second-order valence-electron chi connectivity index (χ2n) is 9.16. The van der Waals surface area contributed by atoms with E-state index in [1.807, 2.05) is 18.2 Å². The lowest BCUT2D eigenvalue weighted by molar-refractivity contribution is -0.143. The normalized spacial score (nSPS) is 20.8. The molecule has 0 saturated carbocycles. The Hall–Kier alpha value is -4.01. The molecule has 0 spiro atoms. The molecule has 0 aromatic heterocycles. The lowest BCUT2D eigenvalue weighted by atomic mass is 9.69. The topological polar surface area (TPSA) is 102 Å². The van der Waals surface area contributed by atoms with Gasteiger partial charge in [-0.25, -0.2) is 0 Å². The number of esters is 1. The Morgan fingerprint density at radius 1 is 0.816 bits per heavy atom. The van der Waals surface area contributed by atoms with Gasteiger partial charge >= 0.3 is 5.97 Å². The maximum absolute atomic E-state index is 13.9. The molecule has 0 fully saturated rings. The summed E-state index contributed by atoms with van der Waals surface area (Å²) in [6, 6.07) is 9.22. The number of aliphatic imine (C=N–C) groups is 1. The first-order valence-electron chi connectivity index (χ1n) is 12.2. The Labute approximate surface area is 222 Å². The van der Waals surface area contributed by atoms with Gasteiger partial charge in [0.2, 0.25) is 5.75 Å². The smallest absolute Gasteiger partial charge is 0.315 e. The van der Waals surface area contributed by atoms with Gasteiger partial charge < -0.3 is 28.4 Å². The van der Waals surface area contributed by atoms with Gasteiger partial charge in [-0.3, -0.25) is 14.6 Å². The highest BCUT2D eigenvalue weighted by Crippen LogP contribution is 2.52. The number of ether oxygens (including phenoxy) is 6. The molecular weight excluding hydrogens is 490 g/mol. The molecule has 0 saturated heterocycles. The molecule has 9 heteroatoms. The lowest BCUT2D eigenvalue weighted by Crippen LogP contribution is -2.38. The van der Waals surface area contributed by atoms with Gasteiger partial charge in [-0.15, -0.1) is 0 Å². The number of ketones is 1. The lowest BCUT2D eigenvalue weighted by Gasteiger charge is -2.37. The average molecular weight is 524 g/mol. The summed E-state index contributed by atoms with van der Waals surface area (Å²) in [5.74, 6) is 0.322. The van der Waals surface area contributed by atoms with Gasteiger partial charge in [0.1, 0.15) is 5.92 Å². The summed E-state index contributed by atoms with van der Waals surface area (Å²) in [6.45, 7) is 1.79. The third kappa shape index (κ3) is 4.57. The monoisotopic (exact) mass is 523 g/mol. The Morgan fingerprint density at radius 2 is 1.47 bits per heavy atom. The van der Waals surface area contributed by atoms with Crippen LogP contribution >= 0.6 is 0 Å². The molecule has 2 aromatic rings. The number of benzene rings is 2. The van der Waals surface area contributed by atoms with Crippen LogP contribution in [0.5, 0.6) is 28.7 Å². The number of hydrogen-bond acceptors (Lipinski definition) is 9. The Balaban J connectivity index is 1.87. The van der Waals surface area contributed by atoms with Gasteiger partial charge in [0.15, 0.2) is 28.8 Å². The maximum Gasteiger partial charge on any atom is 0.315 e. The second kappa shape index (κ2) is 11.2. The molecule has 3 atom stereocenters. The van der Waals surface area contributed by atoms with Crippen LogP contribution in [0.25, 0.3) is 0 Å². The molecule has 0 bridgehead atoms. The first-order chi connectivity index (χ1) is 18.3. The number of carbonyl (C=O) groups excluding carboxylic acids is 2. The van der Waals surface area contributed by atoms with Crippen LogP contribution in [0.2, 0.25) is 0 Å². The predicted octanol–water partition coefficient (Wildman–Crippen LogP) is 4.48. The van der Waals surface area contributed by atoms with Crippen molar-refractivity contribution in [2.45, 2.75) is 31.6 Å². The van der Waals surface area contributed by atoms with Crippen molar-refractivity contribution in [2.75, 3.05) is 42.7 Å². The van der Waals surface area contributed by atoms with Crippen LogP contribution < -0.4 is 23.7 Å². The van der Waals surface area contributed by atoms with Crippen molar-refractivity contribution >= 4 is 17.5 Å². The highest BCUT2D eigenvalue weighted by molar-refractivity contribution is 6.09. The third-order valence-electron chi connectivity index (χ3n) is 7.29. The molecule has 2 aromatic carbocycles. The van der Waals surface area contributed by atoms with Gasteiger partial charge in [0.05, 0.1) is 42.7 Å². The quantitative estimate of drug-likeness (QED) is 0.467. The third-order valence-corrected chi connectivity index (χ3v) is 7.29. The van der Waals surface area contributed by atoms with Crippen molar-refractivity contribution in [3.8, 4) is 28.7 Å². The number of carbonyl (C=O) groups is 2. The van der Waals surface area contributed by atoms with Gasteiger partial charge in [-0.1, -0.05) is 12.1 Å². The number of rotatable bonds is 8. The van der Waals surface area contributed by atoms with E-state index in [-0.39, 0.29) is 18.1 Å². The largest absolute Gasteiger partial charge is 0.493 e. The van der Waals surface area contributed by atoms with E-state index in [2.05, 4.69) is 0 Å². The van der Waals surface area contributed by atoms with Crippen molar-refractivity contribution in [1.82, 2.24) is 0 Å². The standard InChI is InChI=1S/C29H33NO8/c1-15-24(29(32)38-7)25(18-9-11-22(34-3)28(37-6)27(18)36-5)26-19(30-15)12-17(13-20(26)31)16-8-10-21(33-2)23(14-16)35-4/h8-11,14,17,24-25H,12-13H2,1-7H3/t17-,24?,25+/m1/s1. The van der Waals surface area contributed by atoms with Crippen molar-refractivity contribution < 1.29 is 38.0 Å².